The van der Waals surface area contributed by atoms with Crippen LogP contribution in [0.5, 0.6) is 0 Å². The van der Waals surface area contributed by atoms with Crippen LogP contribution < -0.4 is 0 Å². The maximum Gasteiger partial charge on any atom is 0.146 e. The number of rotatable bonds is 4. The SMILES string of the molecule is C/C=C/CCC1CCC2CC(c3ccc(C#Cc4cc(F)c(Cl)c(F)c4)c(F)c3)CCC2C1. The van der Waals surface area contributed by atoms with Crippen LogP contribution in [0.3, 0.4) is 0 Å². The minimum atomic E-state index is -0.876. The van der Waals surface area contributed by atoms with Gasteiger partial charge in [0.1, 0.15) is 22.5 Å². The van der Waals surface area contributed by atoms with E-state index in [0.717, 1.165) is 48.3 Å². The molecular formula is C29H30ClF3. The van der Waals surface area contributed by atoms with E-state index in [1.807, 2.05) is 6.07 Å². The normalized spacial score (nSPS) is 24.9. The van der Waals surface area contributed by atoms with Gasteiger partial charge in [0.15, 0.2) is 0 Å². The fourth-order valence-corrected chi connectivity index (χ4v) is 5.81. The number of benzene rings is 2. The van der Waals surface area contributed by atoms with Gasteiger partial charge in [-0.25, -0.2) is 13.2 Å². The lowest BCUT2D eigenvalue weighted by atomic mass is 9.63. The molecule has 4 atom stereocenters. The van der Waals surface area contributed by atoms with Crippen molar-refractivity contribution in [1.29, 1.82) is 0 Å². The Bertz CT molecular complexity index is 1060. The topological polar surface area (TPSA) is 0 Å². The number of halogens is 4. The molecule has 0 aliphatic heterocycles. The fourth-order valence-electron chi connectivity index (χ4n) is 5.70. The molecule has 174 valence electrons. The first kappa shape index (κ1) is 24.0. The monoisotopic (exact) mass is 470 g/mol. The zero-order chi connectivity index (χ0) is 23.4. The second kappa shape index (κ2) is 10.8. The molecule has 2 aromatic rings. The van der Waals surface area contributed by atoms with Crippen LogP contribution in [-0.4, -0.2) is 0 Å². The van der Waals surface area contributed by atoms with E-state index in [0.29, 0.717) is 5.92 Å². The van der Waals surface area contributed by atoms with Gasteiger partial charge in [0.2, 0.25) is 0 Å². The van der Waals surface area contributed by atoms with Crippen molar-refractivity contribution in [2.75, 3.05) is 0 Å². The summed E-state index contributed by atoms with van der Waals surface area (Å²) in [4.78, 5) is 0. The van der Waals surface area contributed by atoms with Crippen molar-refractivity contribution in [3.63, 3.8) is 0 Å². The van der Waals surface area contributed by atoms with E-state index in [1.54, 1.807) is 12.1 Å². The largest absolute Gasteiger partial charge is 0.206 e. The summed E-state index contributed by atoms with van der Waals surface area (Å²) >= 11 is 5.50. The van der Waals surface area contributed by atoms with Crippen LogP contribution in [0.4, 0.5) is 13.2 Å². The summed E-state index contributed by atoms with van der Waals surface area (Å²) < 4.78 is 42.0. The molecule has 0 bridgehead atoms. The van der Waals surface area contributed by atoms with Gasteiger partial charge in [0, 0.05) is 5.56 Å². The highest BCUT2D eigenvalue weighted by molar-refractivity contribution is 6.30. The van der Waals surface area contributed by atoms with Gasteiger partial charge in [-0.05, 0) is 105 Å². The molecule has 2 saturated carbocycles. The summed E-state index contributed by atoms with van der Waals surface area (Å²) in [7, 11) is 0. The lowest BCUT2D eigenvalue weighted by Crippen LogP contribution is -2.30. The summed E-state index contributed by atoms with van der Waals surface area (Å²) in [5, 5.41) is -0.562. The molecule has 0 nitrogen and oxygen atoms in total. The van der Waals surface area contributed by atoms with Gasteiger partial charge >= 0.3 is 0 Å². The zero-order valence-corrected chi connectivity index (χ0v) is 19.8. The molecule has 4 rings (SSSR count). The van der Waals surface area contributed by atoms with Gasteiger partial charge in [-0.1, -0.05) is 48.1 Å². The van der Waals surface area contributed by atoms with E-state index in [-0.39, 0.29) is 16.9 Å². The molecule has 0 heterocycles. The number of hydrogen-bond acceptors (Lipinski definition) is 0. The standard InChI is InChI=1S/C29H30ClF3/c1-2-3-4-5-19-6-9-23-17-24(13-12-22(23)14-19)25-11-10-21(26(31)18-25)8-7-20-15-27(32)29(30)28(33)16-20/h2-3,10-11,15-16,18-19,22-24H,4-6,9,12-14,17H2,1H3/b3-2+. The number of allylic oxidation sites excluding steroid dienone is 2. The highest BCUT2D eigenvalue weighted by atomic mass is 35.5. The lowest BCUT2D eigenvalue weighted by Gasteiger charge is -2.42. The van der Waals surface area contributed by atoms with Gasteiger partial charge in [0.25, 0.3) is 0 Å². The van der Waals surface area contributed by atoms with Crippen molar-refractivity contribution in [3.8, 4) is 11.8 Å². The molecule has 0 aromatic heterocycles. The maximum atomic E-state index is 14.8. The quantitative estimate of drug-likeness (QED) is 0.238. The fraction of sp³-hybridized carbons (Fsp3) is 0.448. The highest BCUT2D eigenvalue weighted by Crippen LogP contribution is 2.48. The first-order chi connectivity index (χ1) is 15.9. The van der Waals surface area contributed by atoms with Crippen LogP contribution in [0.2, 0.25) is 5.02 Å². The predicted octanol–water partition coefficient (Wildman–Crippen LogP) is 8.81. The second-order valence-corrected chi connectivity index (χ2v) is 9.98. The zero-order valence-electron chi connectivity index (χ0n) is 19.0. The smallest absolute Gasteiger partial charge is 0.146 e. The molecule has 0 radical (unpaired) electrons. The molecule has 0 spiro atoms. The van der Waals surface area contributed by atoms with Crippen LogP contribution in [0, 0.1) is 47.0 Å². The number of fused-ring (bicyclic) bond motifs is 1. The predicted molar refractivity (Wildman–Crippen MR) is 129 cm³/mol. The third kappa shape index (κ3) is 5.85. The van der Waals surface area contributed by atoms with Crippen LogP contribution >= 0.6 is 11.6 Å². The molecule has 0 amide bonds. The summed E-state index contributed by atoms with van der Waals surface area (Å²) in [6.07, 6.45) is 14.4. The van der Waals surface area contributed by atoms with E-state index in [2.05, 4.69) is 30.9 Å². The van der Waals surface area contributed by atoms with Crippen molar-refractivity contribution in [2.45, 2.75) is 64.2 Å². The van der Waals surface area contributed by atoms with Crippen molar-refractivity contribution < 1.29 is 13.2 Å². The van der Waals surface area contributed by atoms with Gasteiger partial charge in [-0.3, -0.25) is 0 Å². The summed E-state index contributed by atoms with van der Waals surface area (Å²) in [6, 6.07) is 7.35. The van der Waals surface area contributed by atoms with Gasteiger partial charge in [-0.15, -0.1) is 0 Å². The third-order valence-electron chi connectivity index (χ3n) is 7.49. The van der Waals surface area contributed by atoms with Gasteiger partial charge in [-0.2, -0.15) is 0 Å². The lowest BCUT2D eigenvalue weighted by molar-refractivity contribution is 0.115. The molecule has 2 fully saturated rings. The average Bonchev–Trinajstić information content (AvgIpc) is 2.81. The van der Waals surface area contributed by atoms with Gasteiger partial charge < -0.3 is 0 Å². The second-order valence-electron chi connectivity index (χ2n) is 9.60. The van der Waals surface area contributed by atoms with Crippen LogP contribution in [-0.2, 0) is 0 Å². The van der Waals surface area contributed by atoms with Gasteiger partial charge in [0.05, 0.1) is 5.56 Å². The molecule has 2 aliphatic carbocycles. The van der Waals surface area contributed by atoms with E-state index >= 15 is 0 Å². The first-order valence-corrected chi connectivity index (χ1v) is 12.4. The molecule has 4 unspecified atom stereocenters. The Morgan fingerprint density at radius 2 is 1.64 bits per heavy atom. The third-order valence-corrected chi connectivity index (χ3v) is 7.85. The van der Waals surface area contributed by atoms with Crippen molar-refractivity contribution >= 4 is 11.6 Å². The van der Waals surface area contributed by atoms with E-state index in [1.165, 1.54) is 38.5 Å². The Balaban J connectivity index is 1.40. The Kier molecular flexibility index (Phi) is 7.86. The highest BCUT2D eigenvalue weighted by Gasteiger charge is 2.35. The van der Waals surface area contributed by atoms with E-state index in [9.17, 15) is 13.2 Å². The molecule has 4 heteroatoms. The Hall–Kier alpha value is -2.18. The van der Waals surface area contributed by atoms with Crippen molar-refractivity contribution in [3.05, 3.63) is 81.6 Å². The Morgan fingerprint density at radius 3 is 2.36 bits per heavy atom. The number of hydrogen-bond donors (Lipinski definition) is 0. The maximum absolute atomic E-state index is 14.8. The Morgan fingerprint density at radius 1 is 0.909 bits per heavy atom. The minimum Gasteiger partial charge on any atom is -0.206 e. The van der Waals surface area contributed by atoms with Crippen molar-refractivity contribution in [1.82, 2.24) is 0 Å². The average molecular weight is 471 g/mol. The van der Waals surface area contributed by atoms with E-state index < -0.39 is 16.7 Å². The molecule has 2 aliphatic rings. The van der Waals surface area contributed by atoms with Crippen molar-refractivity contribution in [2.24, 2.45) is 17.8 Å². The Labute approximate surface area is 200 Å². The van der Waals surface area contributed by atoms with Crippen LogP contribution in [0.15, 0.2) is 42.5 Å². The molecular weight excluding hydrogens is 441 g/mol. The minimum absolute atomic E-state index is 0.123. The molecule has 33 heavy (non-hydrogen) atoms. The summed E-state index contributed by atoms with van der Waals surface area (Å²) in [5.41, 5.74) is 1.39. The summed E-state index contributed by atoms with van der Waals surface area (Å²) in [6.45, 7) is 2.09. The molecule has 0 saturated heterocycles. The van der Waals surface area contributed by atoms with E-state index in [4.69, 9.17) is 11.6 Å². The van der Waals surface area contributed by atoms with Crippen LogP contribution in [0.1, 0.15) is 80.9 Å². The molecule has 2 aromatic carbocycles. The molecule has 0 N–H and O–H groups in total. The first-order valence-electron chi connectivity index (χ1n) is 12.0. The van der Waals surface area contributed by atoms with Crippen LogP contribution in [0.25, 0.3) is 0 Å². The summed E-state index contributed by atoms with van der Waals surface area (Å²) in [5.74, 6) is 6.02.